The highest BCUT2D eigenvalue weighted by Gasteiger charge is 2.30. The van der Waals surface area contributed by atoms with Gasteiger partial charge in [0.05, 0.1) is 22.3 Å². The van der Waals surface area contributed by atoms with Gasteiger partial charge in [-0.1, -0.05) is 29.8 Å². The second-order valence-electron chi connectivity index (χ2n) is 7.23. The zero-order chi connectivity index (χ0) is 24.5. The van der Waals surface area contributed by atoms with E-state index in [0.29, 0.717) is 0 Å². The standard InChI is InChI=1S/C22H16F3N5O3S/c1-14-2-8-17(9-3-14)34(32,33)29-21(31)30-13-18(19-12-26-10-11-27-19)20(28-30)15-4-6-16(7-5-15)22(23,24)25/h2-13H,1H3,(H,29,31). The van der Waals surface area contributed by atoms with E-state index in [0.717, 1.165) is 22.4 Å². The first-order valence-electron chi connectivity index (χ1n) is 9.72. The number of sulfonamides is 1. The van der Waals surface area contributed by atoms with Crippen LogP contribution >= 0.6 is 0 Å². The number of amides is 1. The van der Waals surface area contributed by atoms with Gasteiger partial charge < -0.3 is 0 Å². The highest BCUT2D eigenvalue weighted by molar-refractivity contribution is 7.90. The van der Waals surface area contributed by atoms with Crippen molar-refractivity contribution in [3.8, 4) is 22.5 Å². The van der Waals surface area contributed by atoms with Crippen molar-refractivity contribution in [2.24, 2.45) is 0 Å². The van der Waals surface area contributed by atoms with Gasteiger partial charge in [0, 0.05) is 29.7 Å². The van der Waals surface area contributed by atoms with Gasteiger partial charge in [0.1, 0.15) is 5.69 Å². The van der Waals surface area contributed by atoms with Crippen molar-refractivity contribution >= 4 is 16.1 Å². The largest absolute Gasteiger partial charge is 0.416 e. The van der Waals surface area contributed by atoms with Crippen LogP contribution in [0.15, 0.2) is 78.2 Å². The van der Waals surface area contributed by atoms with E-state index in [-0.39, 0.29) is 27.4 Å². The van der Waals surface area contributed by atoms with Gasteiger partial charge in [-0.25, -0.2) is 17.9 Å². The zero-order valence-electron chi connectivity index (χ0n) is 17.5. The van der Waals surface area contributed by atoms with Crippen LogP contribution < -0.4 is 4.72 Å². The van der Waals surface area contributed by atoms with Crippen molar-refractivity contribution in [2.75, 3.05) is 0 Å². The van der Waals surface area contributed by atoms with E-state index in [9.17, 15) is 26.4 Å². The minimum atomic E-state index is -4.52. The lowest BCUT2D eigenvalue weighted by Gasteiger charge is -2.08. The van der Waals surface area contributed by atoms with Gasteiger partial charge in [0.15, 0.2) is 0 Å². The fraction of sp³-hybridized carbons (Fsp3) is 0.0909. The summed E-state index contributed by atoms with van der Waals surface area (Å²) in [5, 5.41) is 4.13. The summed E-state index contributed by atoms with van der Waals surface area (Å²) in [5.41, 5.74) is 0.943. The number of hydrogen-bond acceptors (Lipinski definition) is 6. The van der Waals surface area contributed by atoms with Crippen molar-refractivity contribution in [1.82, 2.24) is 24.5 Å². The summed E-state index contributed by atoms with van der Waals surface area (Å²) < 4.78 is 66.7. The number of nitrogens with one attached hydrogen (secondary N) is 1. The van der Waals surface area contributed by atoms with Crippen LogP contribution in [0.3, 0.4) is 0 Å². The Morgan fingerprint density at radius 2 is 1.68 bits per heavy atom. The van der Waals surface area contributed by atoms with Gasteiger partial charge >= 0.3 is 12.2 Å². The molecule has 2 aromatic heterocycles. The minimum Gasteiger partial charge on any atom is -0.261 e. The molecule has 0 unspecified atom stereocenters. The van der Waals surface area contributed by atoms with Crippen LogP contribution in [-0.2, 0) is 16.2 Å². The average Bonchev–Trinajstić information content (AvgIpc) is 3.25. The van der Waals surface area contributed by atoms with E-state index < -0.39 is 27.8 Å². The summed E-state index contributed by atoms with van der Waals surface area (Å²) in [7, 11) is -4.19. The molecule has 0 aliphatic heterocycles. The Hall–Kier alpha value is -4.06. The lowest BCUT2D eigenvalue weighted by Crippen LogP contribution is -2.34. The molecule has 8 nitrogen and oxygen atoms in total. The Bertz CT molecular complexity index is 1430. The third kappa shape index (κ3) is 4.81. The number of carbonyl (C=O) groups excluding carboxylic acids is 1. The van der Waals surface area contributed by atoms with Gasteiger partial charge in [0.25, 0.3) is 10.0 Å². The summed E-state index contributed by atoms with van der Waals surface area (Å²) in [6.07, 6.45) is 0.917. The molecule has 0 aliphatic rings. The van der Waals surface area contributed by atoms with Crippen molar-refractivity contribution < 1.29 is 26.4 Å². The maximum atomic E-state index is 12.9. The van der Waals surface area contributed by atoms with Gasteiger partial charge in [-0.3, -0.25) is 9.97 Å². The molecule has 4 aromatic rings. The molecule has 1 N–H and O–H groups in total. The fourth-order valence-electron chi connectivity index (χ4n) is 3.07. The third-order valence-electron chi connectivity index (χ3n) is 4.80. The summed E-state index contributed by atoms with van der Waals surface area (Å²) in [6, 6.07) is 8.98. The second-order valence-corrected chi connectivity index (χ2v) is 8.91. The quantitative estimate of drug-likeness (QED) is 0.461. The topological polar surface area (TPSA) is 107 Å². The Balaban J connectivity index is 1.72. The minimum absolute atomic E-state index is 0.115. The van der Waals surface area contributed by atoms with E-state index in [1.807, 2.05) is 4.72 Å². The summed E-state index contributed by atoms with van der Waals surface area (Å²) in [4.78, 5) is 20.7. The number of hydrogen-bond donors (Lipinski definition) is 1. The van der Waals surface area contributed by atoms with E-state index in [1.165, 1.54) is 49.1 Å². The molecule has 174 valence electrons. The van der Waals surface area contributed by atoms with E-state index in [1.54, 1.807) is 19.1 Å². The van der Waals surface area contributed by atoms with Gasteiger partial charge in [-0.2, -0.15) is 23.0 Å². The number of alkyl halides is 3. The maximum absolute atomic E-state index is 12.9. The molecule has 1 amide bonds. The molecule has 4 rings (SSSR count). The first-order valence-corrected chi connectivity index (χ1v) is 11.2. The van der Waals surface area contributed by atoms with E-state index in [4.69, 9.17) is 0 Å². The van der Waals surface area contributed by atoms with Crippen LogP contribution in [0.4, 0.5) is 18.0 Å². The van der Waals surface area contributed by atoms with Crippen LogP contribution in [0.1, 0.15) is 11.1 Å². The third-order valence-corrected chi connectivity index (χ3v) is 6.14. The monoisotopic (exact) mass is 487 g/mol. The number of carbonyl (C=O) groups is 1. The summed E-state index contributed by atoms with van der Waals surface area (Å²) in [5.74, 6) is 0. The maximum Gasteiger partial charge on any atom is 0.416 e. The second kappa shape index (κ2) is 8.71. The number of aromatic nitrogens is 4. The van der Waals surface area contributed by atoms with Crippen LogP contribution in [0, 0.1) is 6.92 Å². The normalized spacial score (nSPS) is 11.9. The van der Waals surface area contributed by atoms with Crippen LogP contribution in [-0.4, -0.2) is 34.2 Å². The molecule has 0 atom stereocenters. The summed E-state index contributed by atoms with van der Waals surface area (Å²) >= 11 is 0. The van der Waals surface area contributed by atoms with Gasteiger partial charge in [0.2, 0.25) is 0 Å². The van der Waals surface area contributed by atoms with Crippen LogP contribution in [0.2, 0.25) is 0 Å². The number of aryl methyl sites for hydroxylation is 1. The Labute approximate surface area is 192 Å². The molecule has 0 saturated heterocycles. The van der Waals surface area contributed by atoms with E-state index in [2.05, 4.69) is 15.1 Å². The molecule has 0 aliphatic carbocycles. The first kappa shape index (κ1) is 23.1. The zero-order valence-corrected chi connectivity index (χ0v) is 18.3. The highest BCUT2D eigenvalue weighted by Crippen LogP contribution is 2.33. The molecule has 0 spiro atoms. The molecular weight excluding hydrogens is 471 g/mol. The lowest BCUT2D eigenvalue weighted by atomic mass is 10.0. The first-order chi connectivity index (χ1) is 16.0. The smallest absolute Gasteiger partial charge is 0.261 e. The molecule has 0 bridgehead atoms. The molecule has 2 heterocycles. The SMILES string of the molecule is Cc1ccc(S(=O)(=O)NC(=O)n2cc(-c3cnccn3)c(-c3ccc(C(F)(F)F)cc3)n2)cc1. The van der Waals surface area contributed by atoms with Crippen molar-refractivity contribution in [3.05, 3.63) is 84.4 Å². The van der Waals surface area contributed by atoms with Crippen LogP contribution in [0.5, 0.6) is 0 Å². The Kier molecular flexibility index (Phi) is 5.92. The summed E-state index contributed by atoms with van der Waals surface area (Å²) in [6.45, 7) is 1.79. The van der Waals surface area contributed by atoms with Crippen molar-refractivity contribution in [3.63, 3.8) is 0 Å². The van der Waals surface area contributed by atoms with Gasteiger partial charge in [-0.15, -0.1) is 0 Å². The molecule has 0 radical (unpaired) electrons. The molecule has 0 saturated carbocycles. The molecule has 2 aromatic carbocycles. The number of halogens is 3. The number of benzene rings is 2. The van der Waals surface area contributed by atoms with E-state index >= 15 is 0 Å². The Morgan fingerprint density at radius 1 is 1.00 bits per heavy atom. The number of rotatable bonds is 4. The molecule has 0 fully saturated rings. The lowest BCUT2D eigenvalue weighted by molar-refractivity contribution is -0.137. The predicted octanol–water partition coefficient (Wildman–Crippen LogP) is 4.28. The average molecular weight is 487 g/mol. The molecule has 34 heavy (non-hydrogen) atoms. The Morgan fingerprint density at radius 3 is 2.26 bits per heavy atom. The number of nitrogens with zero attached hydrogens (tertiary/aromatic N) is 4. The van der Waals surface area contributed by atoms with Crippen LogP contribution in [0.25, 0.3) is 22.5 Å². The van der Waals surface area contributed by atoms with Crippen molar-refractivity contribution in [1.29, 1.82) is 0 Å². The highest BCUT2D eigenvalue weighted by atomic mass is 32.2. The fourth-order valence-corrected chi connectivity index (χ4v) is 4.01. The predicted molar refractivity (Wildman–Crippen MR) is 116 cm³/mol. The molecule has 12 heteroatoms. The molecular formula is C22H16F3N5O3S. The van der Waals surface area contributed by atoms with Crippen molar-refractivity contribution in [2.45, 2.75) is 18.0 Å². The van der Waals surface area contributed by atoms with Gasteiger partial charge in [-0.05, 0) is 31.2 Å².